The van der Waals surface area contributed by atoms with Crippen LogP contribution < -0.4 is 5.73 Å². The van der Waals surface area contributed by atoms with Crippen LogP contribution >= 0.6 is 0 Å². The number of hydrogen-bond donors (Lipinski definition) is 1. The van der Waals surface area contributed by atoms with Crippen molar-refractivity contribution in [2.45, 2.75) is 26.0 Å². The molecule has 0 aliphatic carbocycles. The Hall–Kier alpha value is -1.65. The van der Waals surface area contributed by atoms with Gasteiger partial charge in [-0.2, -0.15) is 0 Å². The molecule has 2 heterocycles. The van der Waals surface area contributed by atoms with Gasteiger partial charge in [-0.1, -0.05) is 18.2 Å². The molecule has 1 aromatic carbocycles. The Morgan fingerprint density at radius 3 is 3.15 bits per heavy atom. The number of rotatable bonds is 2. The van der Waals surface area contributed by atoms with Crippen LogP contribution in [0.15, 0.2) is 30.3 Å². The molecule has 106 valence electrons. The van der Waals surface area contributed by atoms with Gasteiger partial charge in [-0.15, -0.1) is 0 Å². The first-order valence-electron chi connectivity index (χ1n) is 7.20. The predicted molar refractivity (Wildman–Crippen MR) is 81.5 cm³/mol. The molecule has 0 bridgehead atoms. The average Bonchev–Trinajstić information content (AvgIpc) is 2.64. The van der Waals surface area contributed by atoms with E-state index in [2.05, 4.69) is 28.9 Å². The molecule has 0 saturated carbocycles. The van der Waals surface area contributed by atoms with E-state index < -0.39 is 0 Å². The summed E-state index contributed by atoms with van der Waals surface area (Å²) in [6.45, 7) is 5.82. The first kappa shape index (κ1) is 13.3. The van der Waals surface area contributed by atoms with Crippen molar-refractivity contribution in [1.82, 2.24) is 9.88 Å². The predicted octanol–water partition coefficient (Wildman–Crippen LogP) is 2.43. The zero-order chi connectivity index (χ0) is 13.9. The van der Waals surface area contributed by atoms with Gasteiger partial charge < -0.3 is 10.5 Å². The highest BCUT2D eigenvalue weighted by Gasteiger charge is 2.16. The van der Waals surface area contributed by atoms with Gasteiger partial charge >= 0.3 is 0 Å². The maximum absolute atomic E-state index is 6.11. The molecule has 1 fully saturated rings. The van der Waals surface area contributed by atoms with E-state index in [1.54, 1.807) is 0 Å². The summed E-state index contributed by atoms with van der Waals surface area (Å²) < 4.78 is 5.68. The average molecular weight is 271 g/mol. The minimum absolute atomic E-state index is 0.284. The molecular weight excluding hydrogens is 250 g/mol. The third kappa shape index (κ3) is 2.92. The molecule has 1 aliphatic rings. The number of fused-ring (bicyclic) bond motifs is 1. The van der Waals surface area contributed by atoms with E-state index in [9.17, 15) is 0 Å². The Bertz CT molecular complexity index is 599. The summed E-state index contributed by atoms with van der Waals surface area (Å²) in [5, 5.41) is 1.15. The van der Waals surface area contributed by atoms with Crippen LogP contribution in [0.4, 0.5) is 5.82 Å². The standard InChI is InChI=1S/C16H21N3O/c1-12-10-19(7-4-8-20-12)11-14-9-13-5-2-3-6-15(13)18-16(14)17/h2-3,5-6,9,12H,4,7-8,10-11H2,1H3,(H2,17,18). The minimum atomic E-state index is 0.284. The van der Waals surface area contributed by atoms with Crippen molar-refractivity contribution in [3.05, 3.63) is 35.9 Å². The fourth-order valence-corrected chi connectivity index (χ4v) is 2.77. The molecule has 4 nitrogen and oxygen atoms in total. The first-order valence-corrected chi connectivity index (χ1v) is 7.20. The lowest BCUT2D eigenvalue weighted by atomic mass is 10.1. The number of nitrogen functional groups attached to an aromatic ring is 1. The topological polar surface area (TPSA) is 51.4 Å². The van der Waals surface area contributed by atoms with E-state index in [-0.39, 0.29) is 6.10 Å². The maximum atomic E-state index is 6.11. The second-order valence-corrected chi connectivity index (χ2v) is 5.50. The Balaban J connectivity index is 1.84. The SMILES string of the molecule is CC1CN(Cc2cc3ccccc3nc2N)CCCO1. The Morgan fingerprint density at radius 2 is 2.25 bits per heavy atom. The lowest BCUT2D eigenvalue weighted by Gasteiger charge is -2.22. The van der Waals surface area contributed by atoms with Crippen LogP contribution in [-0.2, 0) is 11.3 Å². The van der Waals surface area contributed by atoms with E-state index in [1.807, 2.05) is 18.2 Å². The maximum Gasteiger partial charge on any atom is 0.128 e. The number of aromatic nitrogens is 1. The second kappa shape index (κ2) is 5.77. The third-order valence-electron chi connectivity index (χ3n) is 3.77. The number of pyridine rings is 1. The lowest BCUT2D eigenvalue weighted by Crippen LogP contribution is -2.30. The van der Waals surface area contributed by atoms with Crippen molar-refractivity contribution in [1.29, 1.82) is 0 Å². The van der Waals surface area contributed by atoms with Gasteiger partial charge in [-0.3, -0.25) is 4.90 Å². The van der Waals surface area contributed by atoms with E-state index in [4.69, 9.17) is 10.5 Å². The van der Waals surface area contributed by atoms with Crippen molar-refractivity contribution in [3.63, 3.8) is 0 Å². The molecule has 1 saturated heterocycles. The van der Waals surface area contributed by atoms with Gasteiger partial charge in [0.15, 0.2) is 0 Å². The number of ether oxygens (including phenoxy) is 1. The van der Waals surface area contributed by atoms with Crippen molar-refractivity contribution in [3.8, 4) is 0 Å². The molecule has 20 heavy (non-hydrogen) atoms. The fraction of sp³-hybridized carbons (Fsp3) is 0.438. The Morgan fingerprint density at radius 1 is 1.40 bits per heavy atom. The Labute approximate surface area is 119 Å². The summed E-state index contributed by atoms with van der Waals surface area (Å²) >= 11 is 0. The number of benzene rings is 1. The van der Waals surface area contributed by atoms with Gasteiger partial charge in [0, 0.05) is 37.2 Å². The van der Waals surface area contributed by atoms with Crippen molar-refractivity contribution >= 4 is 16.7 Å². The quantitative estimate of drug-likeness (QED) is 0.911. The molecule has 3 rings (SSSR count). The number of anilines is 1. The first-order chi connectivity index (χ1) is 9.72. The van der Waals surface area contributed by atoms with E-state index >= 15 is 0 Å². The Kier molecular flexibility index (Phi) is 3.85. The number of hydrogen-bond acceptors (Lipinski definition) is 4. The van der Waals surface area contributed by atoms with Gasteiger partial charge in [0.25, 0.3) is 0 Å². The molecule has 0 spiro atoms. The van der Waals surface area contributed by atoms with E-state index in [1.165, 1.54) is 0 Å². The summed E-state index contributed by atoms with van der Waals surface area (Å²) in [4.78, 5) is 6.91. The van der Waals surface area contributed by atoms with Crippen LogP contribution in [0, 0.1) is 0 Å². The number of nitrogens with zero attached hydrogens (tertiary/aromatic N) is 2. The van der Waals surface area contributed by atoms with Gasteiger partial charge in [-0.05, 0) is 25.5 Å². The largest absolute Gasteiger partial charge is 0.383 e. The summed E-state index contributed by atoms with van der Waals surface area (Å²) in [5.74, 6) is 0.640. The molecule has 0 radical (unpaired) electrons. The third-order valence-corrected chi connectivity index (χ3v) is 3.77. The summed E-state index contributed by atoms with van der Waals surface area (Å²) in [6.07, 6.45) is 1.36. The van der Waals surface area contributed by atoms with Crippen molar-refractivity contribution in [2.24, 2.45) is 0 Å². The van der Waals surface area contributed by atoms with Crippen LogP contribution in [-0.4, -0.2) is 35.7 Å². The molecule has 2 N–H and O–H groups in total. The van der Waals surface area contributed by atoms with E-state index in [0.717, 1.165) is 49.1 Å². The van der Waals surface area contributed by atoms with Crippen LogP contribution in [0.2, 0.25) is 0 Å². The molecule has 1 atom stereocenters. The molecule has 4 heteroatoms. The van der Waals surface area contributed by atoms with Crippen molar-refractivity contribution < 1.29 is 4.74 Å². The molecule has 2 aromatic rings. The van der Waals surface area contributed by atoms with Crippen LogP contribution in [0.3, 0.4) is 0 Å². The molecule has 0 amide bonds. The summed E-state index contributed by atoms with van der Waals surface area (Å²) in [7, 11) is 0. The van der Waals surface area contributed by atoms with Gasteiger partial charge in [-0.25, -0.2) is 4.98 Å². The van der Waals surface area contributed by atoms with Gasteiger partial charge in [0.05, 0.1) is 11.6 Å². The fourth-order valence-electron chi connectivity index (χ4n) is 2.77. The number of para-hydroxylation sites is 1. The molecule has 1 unspecified atom stereocenters. The van der Waals surface area contributed by atoms with Crippen LogP contribution in [0.1, 0.15) is 18.9 Å². The van der Waals surface area contributed by atoms with Crippen LogP contribution in [0.25, 0.3) is 10.9 Å². The lowest BCUT2D eigenvalue weighted by molar-refractivity contribution is 0.0668. The molecular formula is C16H21N3O. The minimum Gasteiger partial charge on any atom is -0.383 e. The highest BCUT2D eigenvalue weighted by molar-refractivity contribution is 5.81. The highest BCUT2D eigenvalue weighted by Crippen LogP contribution is 2.20. The van der Waals surface area contributed by atoms with Crippen LogP contribution in [0.5, 0.6) is 0 Å². The number of nitrogens with two attached hydrogens (primary N) is 1. The second-order valence-electron chi connectivity index (χ2n) is 5.50. The zero-order valence-corrected chi connectivity index (χ0v) is 11.9. The molecule has 1 aromatic heterocycles. The highest BCUT2D eigenvalue weighted by atomic mass is 16.5. The smallest absolute Gasteiger partial charge is 0.128 e. The van der Waals surface area contributed by atoms with Gasteiger partial charge in [0.1, 0.15) is 5.82 Å². The summed E-state index contributed by atoms with van der Waals surface area (Å²) in [5.41, 5.74) is 8.18. The monoisotopic (exact) mass is 271 g/mol. The normalized spacial score (nSPS) is 20.9. The van der Waals surface area contributed by atoms with Gasteiger partial charge in [0.2, 0.25) is 0 Å². The molecule has 1 aliphatic heterocycles. The zero-order valence-electron chi connectivity index (χ0n) is 11.9. The van der Waals surface area contributed by atoms with E-state index in [0.29, 0.717) is 5.82 Å². The van der Waals surface area contributed by atoms with Crippen molar-refractivity contribution in [2.75, 3.05) is 25.4 Å². The summed E-state index contributed by atoms with van der Waals surface area (Å²) in [6, 6.07) is 10.3.